The van der Waals surface area contributed by atoms with Gasteiger partial charge in [-0.25, -0.2) is 17.5 Å². The summed E-state index contributed by atoms with van der Waals surface area (Å²) in [5.41, 5.74) is -0.419. The largest absolute Gasteiger partial charge is 0.379 e. The molecule has 1 aromatic heterocycles. The van der Waals surface area contributed by atoms with E-state index in [-0.39, 0.29) is 35.0 Å². The van der Waals surface area contributed by atoms with Crippen molar-refractivity contribution in [3.63, 3.8) is 0 Å². The fourth-order valence-corrected chi connectivity index (χ4v) is 7.93. The quantitative estimate of drug-likeness (QED) is 0.451. The van der Waals surface area contributed by atoms with Crippen LogP contribution in [0.15, 0.2) is 40.2 Å². The molecule has 39 heavy (non-hydrogen) atoms. The number of nitrogens with one attached hydrogen (secondary N) is 1. The zero-order valence-electron chi connectivity index (χ0n) is 22.0. The Morgan fingerprint density at radius 1 is 1.08 bits per heavy atom. The van der Waals surface area contributed by atoms with E-state index in [0.29, 0.717) is 42.1 Å². The van der Waals surface area contributed by atoms with E-state index in [9.17, 15) is 17.6 Å². The van der Waals surface area contributed by atoms with Gasteiger partial charge in [0.25, 0.3) is 5.56 Å². The molecule has 8 nitrogen and oxygen atoms in total. The number of halogens is 2. The first-order valence-electron chi connectivity index (χ1n) is 14.2. The van der Waals surface area contributed by atoms with E-state index in [4.69, 9.17) is 16.3 Å². The van der Waals surface area contributed by atoms with Crippen molar-refractivity contribution in [3.8, 4) is 0 Å². The first kappa shape index (κ1) is 27.0. The van der Waals surface area contributed by atoms with Crippen LogP contribution >= 0.6 is 11.6 Å². The molecule has 1 aromatic carbocycles. The van der Waals surface area contributed by atoms with Crippen molar-refractivity contribution in [1.82, 2.24) is 9.78 Å². The highest BCUT2D eigenvalue weighted by Crippen LogP contribution is 2.41. The summed E-state index contributed by atoms with van der Waals surface area (Å²) >= 11 is 6.42. The predicted octanol–water partition coefficient (Wildman–Crippen LogP) is 4.92. The van der Waals surface area contributed by atoms with Crippen LogP contribution in [0, 0.1) is 0 Å². The van der Waals surface area contributed by atoms with Crippen molar-refractivity contribution in [1.29, 1.82) is 0 Å². The number of hydrogen-bond acceptors (Lipinski definition) is 7. The molecule has 0 spiro atoms. The maximum atomic E-state index is 14.9. The molecule has 0 amide bonds. The summed E-state index contributed by atoms with van der Waals surface area (Å²) < 4.78 is 46.9. The lowest BCUT2D eigenvalue weighted by molar-refractivity contribution is -0.0234. The molecule has 3 saturated carbocycles. The van der Waals surface area contributed by atoms with Gasteiger partial charge in [0.05, 0.1) is 41.2 Å². The molecule has 1 saturated heterocycles. The molecule has 212 valence electrons. The molecule has 4 aliphatic rings. The van der Waals surface area contributed by atoms with E-state index in [2.05, 4.69) is 15.3 Å². The lowest BCUT2D eigenvalue weighted by atomic mass is 9.89. The molecule has 1 atom stereocenters. The Balaban J connectivity index is 1.10. The Morgan fingerprint density at radius 3 is 2.33 bits per heavy atom. The van der Waals surface area contributed by atoms with Gasteiger partial charge in [-0.1, -0.05) is 11.6 Å². The third-order valence-corrected chi connectivity index (χ3v) is 11.2. The second kappa shape index (κ2) is 10.7. The molecule has 11 heteroatoms. The second-order valence-corrected chi connectivity index (χ2v) is 14.2. The summed E-state index contributed by atoms with van der Waals surface area (Å²) in [6.45, 7) is 0.627. The minimum Gasteiger partial charge on any atom is -0.379 e. The Labute approximate surface area is 233 Å². The molecule has 4 fully saturated rings. The molecule has 2 aromatic rings. The molecule has 2 heterocycles. The van der Waals surface area contributed by atoms with Crippen molar-refractivity contribution in [2.24, 2.45) is 0 Å². The van der Waals surface area contributed by atoms with Crippen molar-refractivity contribution >= 4 is 32.8 Å². The maximum Gasteiger partial charge on any atom is 0.287 e. The minimum absolute atomic E-state index is 0.0213. The summed E-state index contributed by atoms with van der Waals surface area (Å²) in [5.74, 6) is 0. The van der Waals surface area contributed by atoms with Crippen LogP contribution in [0.4, 0.5) is 15.8 Å². The van der Waals surface area contributed by atoms with Gasteiger partial charge in [0.2, 0.25) is 0 Å². The molecule has 6 rings (SSSR count). The van der Waals surface area contributed by atoms with E-state index in [1.165, 1.54) is 10.9 Å². The van der Waals surface area contributed by atoms with Crippen LogP contribution in [0.5, 0.6) is 0 Å². The van der Waals surface area contributed by atoms with E-state index in [1.807, 2.05) is 12.1 Å². The fraction of sp³-hybridized carbons (Fsp3) is 0.643. The van der Waals surface area contributed by atoms with E-state index in [0.717, 1.165) is 57.1 Å². The SMILES string of the molecule is O=c1c(Cl)c(NC[C@@]2(F)CCCOC2)cnn1[C@H]1CC[C@H](N(c2ccc(S(=O)(=O)C3CC3)cc2)C2CC2)CC1. The molecular formula is C28H36ClFN4O4S. The van der Waals surface area contributed by atoms with Crippen molar-refractivity contribution < 1.29 is 17.5 Å². The van der Waals surface area contributed by atoms with Gasteiger partial charge in [-0.3, -0.25) is 4.79 Å². The zero-order chi connectivity index (χ0) is 27.2. The standard InChI is InChI=1S/C28H36ClFN4O4S/c29-26-25(31-17-28(30)14-1-15-38-18-28)16-32-34(27(26)35)22-6-4-20(5-7-22)33(19-2-3-19)21-8-10-23(11-9-21)39(36,37)24-12-13-24/h8-11,16,19-20,22,24,31H,1-7,12-15,17-18H2/t20-,22-,28-/m0/s1. The van der Waals surface area contributed by atoms with Crippen LogP contribution in [-0.2, 0) is 14.6 Å². The fourth-order valence-electron chi connectivity index (χ4n) is 6.07. The molecular weight excluding hydrogens is 543 g/mol. The van der Waals surface area contributed by atoms with Crippen LogP contribution in [0.1, 0.15) is 70.3 Å². The van der Waals surface area contributed by atoms with Gasteiger partial charge in [0.15, 0.2) is 15.5 Å². The lowest BCUT2D eigenvalue weighted by Gasteiger charge is -2.39. The van der Waals surface area contributed by atoms with Crippen molar-refractivity contribution in [2.45, 2.75) is 98.1 Å². The average molecular weight is 579 g/mol. The molecule has 1 N–H and O–H groups in total. The highest BCUT2D eigenvalue weighted by Gasteiger charge is 2.39. The van der Waals surface area contributed by atoms with Crippen LogP contribution in [0.25, 0.3) is 0 Å². The smallest absolute Gasteiger partial charge is 0.287 e. The van der Waals surface area contributed by atoms with E-state index < -0.39 is 15.5 Å². The number of aromatic nitrogens is 2. The number of hydrogen-bond donors (Lipinski definition) is 1. The van der Waals surface area contributed by atoms with Crippen LogP contribution in [0.2, 0.25) is 5.02 Å². The number of nitrogens with zero attached hydrogens (tertiary/aromatic N) is 3. The molecule has 0 bridgehead atoms. The molecule has 1 aliphatic heterocycles. The van der Waals surface area contributed by atoms with Gasteiger partial charge in [-0.05, 0) is 88.5 Å². The Hall–Kier alpha value is -2.17. The molecule has 0 unspecified atom stereocenters. The van der Waals surface area contributed by atoms with Crippen molar-refractivity contribution in [3.05, 3.63) is 45.8 Å². The number of rotatable bonds is 9. The zero-order valence-corrected chi connectivity index (χ0v) is 23.6. The Bertz CT molecular complexity index is 1350. The average Bonchev–Trinajstić information content (AvgIpc) is 3.85. The van der Waals surface area contributed by atoms with Crippen LogP contribution in [0.3, 0.4) is 0 Å². The van der Waals surface area contributed by atoms with Crippen molar-refractivity contribution in [2.75, 3.05) is 30.0 Å². The number of ether oxygens (including phenoxy) is 1. The summed E-state index contributed by atoms with van der Waals surface area (Å²) in [6.07, 6.45) is 9.79. The van der Waals surface area contributed by atoms with Gasteiger partial charge in [0, 0.05) is 24.4 Å². The number of alkyl halides is 1. The van der Waals surface area contributed by atoms with E-state index in [1.54, 1.807) is 12.1 Å². The van der Waals surface area contributed by atoms with Gasteiger partial charge >= 0.3 is 0 Å². The van der Waals surface area contributed by atoms with Crippen LogP contribution < -0.4 is 15.8 Å². The first-order chi connectivity index (χ1) is 18.7. The third kappa shape index (κ3) is 5.70. The summed E-state index contributed by atoms with van der Waals surface area (Å²) in [6, 6.07) is 8.19. The minimum atomic E-state index is -3.20. The van der Waals surface area contributed by atoms with Crippen LogP contribution in [-0.4, -0.2) is 61.0 Å². The first-order valence-corrected chi connectivity index (χ1v) is 16.1. The highest BCUT2D eigenvalue weighted by molar-refractivity contribution is 7.92. The normalized spacial score (nSPS) is 27.7. The Kier molecular flexibility index (Phi) is 7.39. The lowest BCUT2D eigenvalue weighted by Crippen LogP contribution is -2.42. The topological polar surface area (TPSA) is 93.5 Å². The maximum absolute atomic E-state index is 14.9. The third-order valence-electron chi connectivity index (χ3n) is 8.59. The monoisotopic (exact) mass is 578 g/mol. The molecule has 3 aliphatic carbocycles. The second-order valence-electron chi connectivity index (χ2n) is 11.6. The van der Waals surface area contributed by atoms with Gasteiger partial charge in [-0.2, -0.15) is 5.10 Å². The van der Waals surface area contributed by atoms with Gasteiger partial charge < -0.3 is 15.0 Å². The number of sulfone groups is 1. The Morgan fingerprint density at radius 2 is 1.74 bits per heavy atom. The summed E-state index contributed by atoms with van der Waals surface area (Å²) in [7, 11) is -3.20. The number of benzene rings is 1. The predicted molar refractivity (Wildman–Crippen MR) is 149 cm³/mol. The summed E-state index contributed by atoms with van der Waals surface area (Å²) in [5, 5.41) is 7.21. The molecule has 0 radical (unpaired) electrons. The number of anilines is 2. The van der Waals surface area contributed by atoms with Gasteiger partial charge in [0.1, 0.15) is 5.02 Å². The highest BCUT2D eigenvalue weighted by atomic mass is 35.5. The summed E-state index contributed by atoms with van der Waals surface area (Å²) in [4.78, 5) is 16.0. The van der Waals surface area contributed by atoms with Gasteiger partial charge in [-0.15, -0.1) is 0 Å². The van der Waals surface area contributed by atoms with E-state index >= 15 is 0 Å².